The summed E-state index contributed by atoms with van der Waals surface area (Å²) in [6, 6.07) is 5.78. The largest absolute Gasteiger partial charge is 0.386 e. The third kappa shape index (κ3) is 4.76. The normalized spacial score (nSPS) is 13.0. The maximum Gasteiger partial charge on any atom is 0.194 e. The summed E-state index contributed by atoms with van der Waals surface area (Å²) in [4.78, 5) is 10.6. The molecule has 7 nitrogen and oxygen atoms in total. The molecule has 8 heteroatoms. The first-order valence-corrected chi connectivity index (χ1v) is 7.77. The summed E-state index contributed by atoms with van der Waals surface area (Å²) in [5.41, 5.74) is 0.631. The second-order valence-corrected chi connectivity index (χ2v) is 5.42. The number of nitrogens with zero attached hydrogens (tertiary/aromatic N) is 5. The van der Waals surface area contributed by atoms with Gasteiger partial charge in [-0.25, -0.2) is 9.37 Å². The molecule has 0 spiro atoms. The Balaban J connectivity index is 2.03. The Morgan fingerprint density at radius 3 is 2.71 bits per heavy atom. The summed E-state index contributed by atoms with van der Waals surface area (Å²) in [7, 11) is 3.72. The van der Waals surface area contributed by atoms with Crippen LogP contribution in [-0.2, 0) is 13.6 Å². The van der Waals surface area contributed by atoms with Crippen molar-refractivity contribution in [3.63, 3.8) is 0 Å². The number of rotatable bonds is 6. The van der Waals surface area contributed by atoms with Crippen LogP contribution in [0.1, 0.15) is 24.4 Å². The molecule has 24 heavy (non-hydrogen) atoms. The van der Waals surface area contributed by atoms with E-state index in [1.54, 1.807) is 16.8 Å². The van der Waals surface area contributed by atoms with Crippen molar-refractivity contribution in [3.8, 4) is 0 Å². The monoisotopic (exact) mass is 334 g/mol. The number of halogens is 1. The van der Waals surface area contributed by atoms with Gasteiger partial charge >= 0.3 is 0 Å². The molecule has 0 aliphatic heterocycles. The molecule has 0 fully saturated rings. The van der Waals surface area contributed by atoms with E-state index in [1.807, 2.05) is 25.9 Å². The average Bonchev–Trinajstić information content (AvgIpc) is 2.96. The molecule has 2 rings (SSSR count). The fourth-order valence-electron chi connectivity index (χ4n) is 2.18. The summed E-state index contributed by atoms with van der Waals surface area (Å²) < 4.78 is 14.6. The van der Waals surface area contributed by atoms with Crippen molar-refractivity contribution in [1.82, 2.24) is 25.0 Å². The number of guanidine groups is 1. The molecule has 130 valence electrons. The molecule has 0 aliphatic rings. The highest BCUT2D eigenvalue weighted by molar-refractivity contribution is 5.79. The van der Waals surface area contributed by atoms with E-state index in [4.69, 9.17) is 0 Å². The van der Waals surface area contributed by atoms with Crippen molar-refractivity contribution in [2.45, 2.75) is 19.6 Å². The molecule has 1 heterocycles. The van der Waals surface area contributed by atoms with Gasteiger partial charge in [0.05, 0.1) is 19.2 Å². The lowest BCUT2D eigenvalue weighted by Gasteiger charge is -2.22. The highest BCUT2D eigenvalue weighted by Gasteiger charge is 2.12. The molecule has 2 N–H and O–H groups in total. The van der Waals surface area contributed by atoms with Gasteiger partial charge in [0.1, 0.15) is 18.0 Å². The molecule has 1 atom stereocenters. The van der Waals surface area contributed by atoms with Gasteiger partial charge in [-0.05, 0) is 24.6 Å². The quantitative estimate of drug-likeness (QED) is 0.611. The second-order valence-electron chi connectivity index (χ2n) is 5.42. The lowest BCUT2D eigenvalue weighted by atomic mass is 10.1. The first kappa shape index (κ1) is 17.9. The molecule has 1 aromatic carbocycles. The van der Waals surface area contributed by atoms with Crippen molar-refractivity contribution in [2.75, 3.05) is 20.1 Å². The Kier molecular flexibility index (Phi) is 6.25. The van der Waals surface area contributed by atoms with Crippen LogP contribution in [-0.4, -0.2) is 50.9 Å². The number of nitrogens with one attached hydrogen (secondary N) is 1. The minimum atomic E-state index is -0.789. The van der Waals surface area contributed by atoms with E-state index in [1.165, 1.54) is 18.5 Å². The molecule has 0 bridgehead atoms. The summed E-state index contributed by atoms with van der Waals surface area (Å²) in [5.74, 6) is 1.13. The number of benzene rings is 1. The van der Waals surface area contributed by atoms with E-state index in [-0.39, 0.29) is 12.4 Å². The maximum atomic E-state index is 12.9. The number of aliphatic hydroxyl groups excluding tert-OH is 1. The number of aliphatic hydroxyl groups is 1. The molecule has 0 saturated carbocycles. The Hall–Kier alpha value is -2.48. The van der Waals surface area contributed by atoms with Crippen LogP contribution in [0.3, 0.4) is 0 Å². The summed E-state index contributed by atoms with van der Waals surface area (Å²) >= 11 is 0. The second kappa shape index (κ2) is 8.39. The fraction of sp³-hybridized carbons (Fsp3) is 0.438. The number of hydrogen-bond donors (Lipinski definition) is 2. The summed E-state index contributed by atoms with van der Waals surface area (Å²) in [5, 5.41) is 17.4. The molecule has 0 amide bonds. The highest BCUT2D eigenvalue weighted by atomic mass is 19.1. The minimum absolute atomic E-state index is 0.178. The predicted molar refractivity (Wildman–Crippen MR) is 89.8 cm³/mol. The van der Waals surface area contributed by atoms with Gasteiger partial charge in [0.15, 0.2) is 5.96 Å². The molecule has 0 radical (unpaired) electrons. The van der Waals surface area contributed by atoms with E-state index in [9.17, 15) is 9.50 Å². The zero-order valence-corrected chi connectivity index (χ0v) is 14.1. The number of hydrogen-bond acceptors (Lipinski definition) is 4. The lowest BCUT2D eigenvalue weighted by molar-refractivity contribution is 0.186. The highest BCUT2D eigenvalue weighted by Crippen LogP contribution is 2.13. The van der Waals surface area contributed by atoms with Gasteiger partial charge in [-0.2, -0.15) is 5.10 Å². The van der Waals surface area contributed by atoms with Crippen molar-refractivity contribution < 1.29 is 9.50 Å². The van der Waals surface area contributed by atoms with Gasteiger partial charge in [-0.3, -0.25) is 9.67 Å². The molecule has 0 aliphatic carbocycles. The zero-order chi connectivity index (χ0) is 17.5. The number of aromatic nitrogens is 3. The molecule has 0 saturated heterocycles. The van der Waals surface area contributed by atoms with Gasteiger partial charge in [0, 0.05) is 20.6 Å². The SMILES string of the molecule is CCNC(=NCC(O)c1ccc(F)cc1)N(C)Cc1ncnn1C. The predicted octanol–water partition coefficient (Wildman–Crippen LogP) is 1.09. The summed E-state index contributed by atoms with van der Waals surface area (Å²) in [6.07, 6.45) is 0.716. The van der Waals surface area contributed by atoms with E-state index in [2.05, 4.69) is 20.4 Å². The maximum absolute atomic E-state index is 12.9. The van der Waals surface area contributed by atoms with E-state index < -0.39 is 6.10 Å². The van der Waals surface area contributed by atoms with Crippen molar-refractivity contribution in [2.24, 2.45) is 12.0 Å². The Bertz CT molecular complexity index is 669. The van der Waals surface area contributed by atoms with Crippen LogP contribution in [0.2, 0.25) is 0 Å². The first-order chi connectivity index (χ1) is 11.5. The van der Waals surface area contributed by atoms with Crippen molar-refractivity contribution >= 4 is 5.96 Å². The van der Waals surface area contributed by atoms with Crippen LogP contribution >= 0.6 is 0 Å². The molecular weight excluding hydrogens is 311 g/mol. The molecule has 1 unspecified atom stereocenters. The molecular formula is C16H23FN6O. The number of aryl methyl sites for hydroxylation is 1. The van der Waals surface area contributed by atoms with Gasteiger partial charge in [0.2, 0.25) is 0 Å². The summed E-state index contributed by atoms with van der Waals surface area (Å²) in [6.45, 7) is 3.39. The zero-order valence-electron chi connectivity index (χ0n) is 14.1. The smallest absolute Gasteiger partial charge is 0.194 e. The van der Waals surface area contributed by atoms with Gasteiger partial charge in [0.25, 0.3) is 0 Å². The Labute approximate surface area is 140 Å². The standard InChI is InChI=1S/C16H23FN6O/c1-4-18-16(22(2)10-15-20-11-21-23(15)3)19-9-14(24)12-5-7-13(17)8-6-12/h5-8,11,14,24H,4,9-10H2,1-3H3,(H,18,19). The van der Waals surface area contributed by atoms with Crippen LogP contribution in [0.5, 0.6) is 0 Å². The van der Waals surface area contributed by atoms with E-state index in [0.717, 1.165) is 5.82 Å². The van der Waals surface area contributed by atoms with Crippen molar-refractivity contribution in [3.05, 3.63) is 47.8 Å². The van der Waals surface area contributed by atoms with E-state index >= 15 is 0 Å². The fourth-order valence-corrected chi connectivity index (χ4v) is 2.18. The molecule has 1 aromatic heterocycles. The van der Waals surface area contributed by atoms with Gasteiger partial charge in [-0.15, -0.1) is 0 Å². The van der Waals surface area contributed by atoms with Crippen LogP contribution in [0.15, 0.2) is 35.6 Å². The van der Waals surface area contributed by atoms with Gasteiger partial charge < -0.3 is 15.3 Å². The minimum Gasteiger partial charge on any atom is -0.386 e. The van der Waals surface area contributed by atoms with E-state index in [0.29, 0.717) is 24.6 Å². The first-order valence-electron chi connectivity index (χ1n) is 7.77. The van der Waals surface area contributed by atoms with Gasteiger partial charge in [-0.1, -0.05) is 12.1 Å². The topological polar surface area (TPSA) is 78.6 Å². The average molecular weight is 334 g/mol. The van der Waals surface area contributed by atoms with Crippen LogP contribution < -0.4 is 5.32 Å². The Morgan fingerprint density at radius 1 is 1.42 bits per heavy atom. The third-order valence-electron chi connectivity index (χ3n) is 3.55. The Morgan fingerprint density at radius 2 is 2.12 bits per heavy atom. The lowest BCUT2D eigenvalue weighted by Crippen LogP contribution is -2.39. The number of aliphatic imine (C=N–C) groups is 1. The molecule has 2 aromatic rings. The van der Waals surface area contributed by atoms with Crippen LogP contribution in [0, 0.1) is 5.82 Å². The van der Waals surface area contributed by atoms with Crippen LogP contribution in [0.4, 0.5) is 4.39 Å². The van der Waals surface area contributed by atoms with Crippen LogP contribution in [0.25, 0.3) is 0 Å². The van der Waals surface area contributed by atoms with Crippen molar-refractivity contribution in [1.29, 1.82) is 0 Å². The third-order valence-corrected chi connectivity index (χ3v) is 3.55.